The lowest BCUT2D eigenvalue weighted by Gasteiger charge is -2.05. The molecule has 0 saturated heterocycles. The number of halogens is 2. The molecule has 2 heterocycles. The van der Waals surface area contributed by atoms with E-state index in [1.165, 1.54) is 11.3 Å². The average molecular weight is 391 g/mol. The molecule has 0 radical (unpaired) electrons. The number of hydrogen-bond acceptors (Lipinski definition) is 4. The minimum atomic E-state index is 0.169. The molecule has 0 atom stereocenters. The van der Waals surface area contributed by atoms with Crippen molar-refractivity contribution in [3.05, 3.63) is 68.5 Å². The van der Waals surface area contributed by atoms with Gasteiger partial charge in [-0.05, 0) is 43.7 Å². The minimum absolute atomic E-state index is 0.169. The quantitative estimate of drug-likeness (QED) is 0.570. The Balaban J connectivity index is 2.11. The second kappa shape index (κ2) is 7.95. The van der Waals surface area contributed by atoms with Crippen molar-refractivity contribution in [2.24, 2.45) is 10.1 Å². The average Bonchev–Trinajstić information content (AvgIpc) is 2.98. The van der Waals surface area contributed by atoms with Gasteiger partial charge in [0.1, 0.15) is 0 Å². The van der Waals surface area contributed by atoms with Crippen molar-refractivity contribution >= 4 is 40.8 Å². The highest BCUT2D eigenvalue weighted by Gasteiger charge is 2.09. The Kier molecular flexibility index (Phi) is 5.68. The molecule has 0 N–H and O–H groups in total. The molecule has 1 aromatic carbocycles. The van der Waals surface area contributed by atoms with Crippen LogP contribution < -0.4 is 4.80 Å². The molecule has 3 aromatic rings. The van der Waals surface area contributed by atoms with Crippen molar-refractivity contribution in [3.63, 3.8) is 0 Å². The van der Waals surface area contributed by atoms with Crippen LogP contribution in [0.5, 0.6) is 0 Å². The van der Waals surface area contributed by atoms with Gasteiger partial charge in [0.25, 0.3) is 0 Å². The van der Waals surface area contributed by atoms with E-state index in [2.05, 4.69) is 15.1 Å². The van der Waals surface area contributed by atoms with Gasteiger partial charge >= 0.3 is 0 Å². The maximum absolute atomic E-state index is 6.17. The fourth-order valence-corrected chi connectivity index (χ4v) is 3.42. The van der Waals surface area contributed by atoms with Crippen LogP contribution in [0.2, 0.25) is 10.0 Å². The van der Waals surface area contributed by atoms with Crippen molar-refractivity contribution in [3.8, 4) is 11.3 Å². The summed E-state index contributed by atoms with van der Waals surface area (Å²) in [6.45, 7) is 4.07. The lowest BCUT2D eigenvalue weighted by atomic mass is 10.2. The summed E-state index contributed by atoms with van der Waals surface area (Å²) in [4.78, 5) is 9.49. The van der Waals surface area contributed by atoms with Gasteiger partial charge in [-0.25, -0.2) is 4.68 Å². The van der Waals surface area contributed by atoms with Gasteiger partial charge < -0.3 is 0 Å². The zero-order valence-electron chi connectivity index (χ0n) is 13.7. The molecule has 0 saturated carbocycles. The molecule has 7 heteroatoms. The van der Waals surface area contributed by atoms with Gasteiger partial charge in [0.15, 0.2) is 0 Å². The standard InChI is InChI=1S/C18H16Cl2N4S/c1-12(2)23-18-24(22-10-13-5-7-21-8-6-13)17(11-25-18)14-3-4-15(19)16(20)9-14/h3-12H,1-2H3. The summed E-state index contributed by atoms with van der Waals surface area (Å²) in [6.07, 6.45) is 5.26. The monoisotopic (exact) mass is 390 g/mol. The number of pyridine rings is 1. The van der Waals surface area contributed by atoms with Crippen molar-refractivity contribution in [1.82, 2.24) is 9.66 Å². The van der Waals surface area contributed by atoms with E-state index in [0.717, 1.165) is 21.6 Å². The molecule has 25 heavy (non-hydrogen) atoms. The van der Waals surface area contributed by atoms with Crippen molar-refractivity contribution in [2.75, 3.05) is 0 Å². The summed E-state index contributed by atoms with van der Waals surface area (Å²) in [5.74, 6) is 0. The first-order chi connectivity index (χ1) is 12.0. The van der Waals surface area contributed by atoms with Gasteiger partial charge in [-0.1, -0.05) is 29.3 Å². The summed E-state index contributed by atoms with van der Waals surface area (Å²) in [5, 5.41) is 7.68. The normalized spacial score (nSPS) is 12.4. The Morgan fingerprint density at radius 2 is 1.88 bits per heavy atom. The third kappa shape index (κ3) is 4.37. The predicted molar refractivity (Wildman–Crippen MR) is 106 cm³/mol. The third-order valence-electron chi connectivity index (χ3n) is 3.30. The molecule has 4 nitrogen and oxygen atoms in total. The highest BCUT2D eigenvalue weighted by Crippen LogP contribution is 2.28. The van der Waals surface area contributed by atoms with Crippen LogP contribution in [0, 0.1) is 0 Å². The fourth-order valence-electron chi connectivity index (χ4n) is 2.15. The van der Waals surface area contributed by atoms with E-state index < -0.39 is 0 Å². The largest absolute Gasteiger partial charge is 0.265 e. The van der Waals surface area contributed by atoms with Crippen LogP contribution in [-0.2, 0) is 0 Å². The van der Waals surface area contributed by atoms with E-state index in [-0.39, 0.29) is 6.04 Å². The number of thiazole rings is 1. The van der Waals surface area contributed by atoms with E-state index in [4.69, 9.17) is 23.2 Å². The van der Waals surface area contributed by atoms with Gasteiger partial charge in [0.2, 0.25) is 4.80 Å². The second-order valence-electron chi connectivity index (χ2n) is 5.59. The van der Waals surface area contributed by atoms with Gasteiger partial charge in [0, 0.05) is 29.4 Å². The van der Waals surface area contributed by atoms with Crippen LogP contribution in [0.4, 0.5) is 0 Å². The maximum atomic E-state index is 6.17. The van der Waals surface area contributed by atoms with E-state index in [9.17, 15) is 0 Å². The Bertz CT molecular complexity index is 959. The molecule has 2 aromatic heterocycles. The maximum Gasteiger partial charge on any atom is 0.206 e. The molecule has 0 aliphatic heterocycles. The van der Waals surface area contributed by atoms with E-state index in [1.807, 2.05) is 48.2 Å². The molecule has 0 aliphatic carbocycles. The number of rotatable bonds is 4. The van der Waals surface area contributed by atoms with Gasteiger partial charge in [-0.15, -0.1) is 11.3 Å². The number of benzene rings is 1. The Labute approximate surface area is 160 Å². The molecule has 0 aliphatic rings. The molecule has 0 fully saturated rings. The summed E-state index contributed by atoms with van der Waals surface area (Å²) in [6, 6.07) is 9.51. The van der Waals surface area contributed by atoms with Gasteiger partial charge in [-0.2, -0.15) is 5.10 Å². The molecule has 3 rings (SSSR count). The summed E-state index contributed by atoms with van der Waals surface area (Å²) in [5.41, 5.74) is 2.81. The Morgan fingerprint density at radius 3 is 2.56 bits per heavy atom. The van der Waals surface area contributed by atoms with E-state index in [1.54, 1.807) is 24.7 Å². The first-order valence-electron chi connectivity index (χ1n) is 7.69. The zero-order valence-corrected chi connectivity index (χ0v) is 16.1. The molecule has 0 amide bonds. The van der Waals surface area contributed by atoms with Crippen LogP contribution in [0.3, 0.4) is 0 Å². The molecular formula is C18H16Cl2N4S. The zero-order chi connectivity index (χ0) is 17.8. The lowest BCUT2D eigenvalue weighted by molar-refractivity contribution is 0.754. The first kappa shape index (κ1) is 17.9. The van der Waals surface area contributed by atoms with E-state index >= 15 is 0 Å². The lowest BCUT2D eigenvalue weighted by Crippen LogP contribution is -2.14. The van der Waals surface area contributed by atoms with E-state index in [0.29, 0.717) is 10.0 Å². The molecular weight excluding hydrogens is 375 g/mol. The smallest absolute Gasteiger partial charge is 0.206 e. The highest BCUT2D eigenvalue weighted by molar-refractivity contribution is 7.07. The molecule has 128 valence electrons. The topological polar surface area (TPSA) is 42.5 Å². The number of aromatic nitrogens is 2. The first-order valence-corrected chi connectivity index (χ1v) is 9.32. The highest BCUT2D eigenvalue weighted by atomic mass is 35.5. The number of nitrogens with zero attached hydrogens (tertiary/aromatic N) is 4. The van der Waals surface area contributed by atoms with Crippen LogP contribution in [0.1, 0.15) is 19.4 Å². The van der Waals surface area contributed by atoms with Crippen molar-refractivity contribution in [2.45, 2.75) is 19.9 Å². The van der Waals surface area contributed by atoms with Crippen molar-refractivity contribution in [1.29, 1.82) is 0 Å². The van der Waals surface area contributed by atoms with Crippen LogP contribution in [0.25, 0.3) is 11.3 Å². The van der Waals surface area contributed by atoms with Crippen LogP contribution in [0.15, 0.2) is 58.2 Å². The van der Waals surface area contributed by atoms with Crippen LogP contribution in [-0.4, -0.2) is 21.9 Å². The molecule has 0 spiro atoms. The minimum Gasteiger partial charge on any atom is -0.265 e. The summed E-state index contributed by atoms with van der Waals surface area (Å²) >= 11 is 13.7. The molecule has 0 bridgehead atoms. The second-order valence-corrected chi connectivity index (χ2v) is 7.24. The predicted octanol–water partition coefficient (Wildman–Crippen LogP) is 5.11. The SMILES string of the molecule is CC(C)N=c1scc(-c2ccc(Cl)c(Cl)c2)n1N=Cc1ccncc1. The number of hydrogen-bond donors (Lipinski definition) is 0. The Morgan fingerprint density at radius 1 is 1.12 bits per heavy atom. The Hall–Kier alpha value is -1.95. The third-order valence-corrected chi connectivity index (χ3v) is 4.87. The van der Waals surface area contributed by atoms with Gasteiger partial charge in [0.05, 0.1) is 22.0 Å². The molecule has 0 unspecified atom stereocenters. The summed E-state index contributed by atoms with van der Waals surface area (Å²) in [7, 11) is 0. The van der Waals surface area contributed by atoms with Crippen molar-refractivity contribution < 1.29 is 0 Å². The summed E-state index contributed by atoms with van der Waals surface area (Å²) < 4.78 is 1.82. The fraction of sp³-hybridized carbons (Fsp3) is 0.167. The van der Waals surface area contributed by atoms with Crippen LogP contribution >= 0.6 is 34.5 Å². The van der Waals surface area contributed by atoms with Gasteiger partial charge in [-0.3, -0.25) is 9.98 Å².